The number of nitrogens with zero attached hydrogens (tertiary/aromatic N) is 2. The largest absolute Gasteiger partial charge is 0.316 e. The van der Waals surface area contributed by atoms with Crippen molar-refractivity contribution in [1.82, 2.24) is 14.7 Å². The maximum atomic E-state index is 4.69. The van der Waals surface area contributed by atoms with Crippen molar-refractivity contribution >= 4 is 16.3 Å². The maximum Gasteiger partial charge on any atom is 0.193 e. The van der Waals surface area contributed by atoms with E-state index in [9.17, 15) is 0 Å². The lowest BCUT2D eigenvalue weighted by atomic mass is 9.71. The SMILES string of the molecule is CCCNCC1CCC1Cc1cn2ccsc2n1. The van der Waals surface area contributed by atoms with E-state index in [0.717, 1.165) is 29.8 Å². The van der Waals surface area contributed by atoms with Gasteiger partial charge < -0.3 is 5.32 Å². The molecule has 1 N–H and O–H groups in total. The van der Waals surface area contributed by atoms with E-state index in [2.05, 4.69) is 39.4 Å². The highest BCUT2D eigenvalue weighted by atomic mass is 32.1. The van der Waals surface area contributed by atoms with Crippen LogP contribution in [0.5, 0.6) is 0 Å². The van der Waals surface area contributed by atoms with Gasteiger partial charge in [-0.3, -0.25) is 4.40 Å². The first-order valence-electron chi connectivity index (χ1n) is 6.98. The van der Waals surface area contributed by atoms with E-state index in [4.69, 9.17) is 0 Å². The number of nitrogens with one attached hydrogen (secondary N) is 1. The van der Waals surface area contributed by atoms with E-state index in [-0.39, 0.29) is 0 Å². The number of hydrogen-bond acceptors (Lipinski definition) is 3. The van der Waals surface area contributed by atoms with Gasteiger partial charge >= 0.3 is 0 Å². The van der Waals surface area contributed by atoms with Gasteiger partial charge in [0.1, 0.15) is 0 Å². The Labute approximate surface area is 112 Å². The minimum absolute atomic E-state index is 0.846. The Morgan fingerprint density at radius 3 is 3.06 bits per heavy atom. The standard InChI is InChI=1S/C14H21N3S/c1-2-5-15-9-12-4-3-11(12)8-13-10-17-6-7-18-14(17)16-13/h6-7,10-12,15H,2-5,8-9H2,1H3. The predicted octanol–water partition coefficient (Wildman–Crippen LogP) is 2.96. The van der Waals surface area contributed by atoms with Crippen LogP contribution in [0.15, 0.2) is 17.8 Å². The van der Waals surface area contributed by atoms with Crippen molar-refractivity contribution < 1.29 is 0 Å². The summed E-state index contributed by atoms with van der Waals surface area (Å²) >= 11 is 1.72. The fourth-order valence-electron chi connectivity index (χ4n) is 2.78. The van der Waals surface area contributed by atoms with Crippen molar-refractivity contribution in [2.45, 2.75) is 32.6 Å². The normalized spacial score (nSPS) is 23.4. The van der Waals surface area contributed by atoms with Crippen molar-refractivity contribution in [2.24, 2.45) is 11.8 Å². The molecule has 1 saturated carbocycles. The van der Waals surface area contributed by atoms with E-state index >= 15 is 0 Å². The molecule has 2 aromatic heterocycles. The van der Waals surface area contributed by atoms with Crippen LogP contribution < -0.4 is 5.32 Å². The second kappa shape index (κ2) is 5.41. The molecule has 3 nitrogen and oxygen atoms in total. The molecule has 1 aliphatic carbocycles. The molecule has 2 aromatic rings. The molecule has 0 bridgehead atoms. The van der Waals surface area contributed by atoms with E-state index in [1.807, 2.05) is 0 Å². The third kappa shape index (κ3) is 2.45. The molecule has 2 atom stereocenters. The number of aromatic nitrogens is 2. The summed E-state index contributed by atoms with van der Waals surface area (Å²) in [5.74, 6) is 1.72. The van der Waals surface area contributed by atoms with Gasteiger partial charge in [0, 0.05) is 17.8 Å². The monoisotopic (exact) mass is 263 g/mol. The minimum Gasteiger partial charge on any atom is -0.316 e. The van der Waals surface area contributed by atoms with Crippen LogP contribution >= 0.6 is 11.3 Å². The highest BCUT2D eigenvalue weighted by molar-refractivity contribution is 7.15. The van der Waals surface area contributed by atoms with Gasteiger partial charge in [0.15, 0.2) is 4.96 Å². The van der Waals surface area contributed by atoms with Crippen LogP contribution in [0, 0.1) is 11.8 Å². The van der Waals surface area contributed by atoms with Gasteiger partial charge in [0.2, 0.25) is 0 Å². The lowest BCUT2D eigenvalue weighted by molar-refractivity contribution is 0.170. The highest BCUT2D eigenvalue weighted by Crippen LogP contribution is 2.36. The third-order valence-corrected chi connectivity index (χ3v) is 4.79. The van der Waals surface area contributed by atoms with Crippen molar-refractivity contribution in [3.8, 4) is 0 Å². The Hall–Kier alpha value is -0.870. The number of imidazole rings is 1. The molecule has 0 aromatic carbocycles. The Bertz CT molecular complexity index is 473. The van der Waals surface area contributed by atoms with Crippen molar-refractivity contribution in [3.05, 3.63) is 23.5 Å². The number of fused-ring (bicyclic) bond motifs is 1. The summed E-state index contributed by atoms with van der Waals surface area (Å²) in [6, 6.07) is 0. The average molecular weight is 263 g/mol. The molecule has 0 amide bonds. The second-order valence-corrected chi connectivity index (χ2v) is 6.20. The van der Waals surface area contributed by atoms with Crippen LogP contribution in [0.1, 0.15) is 31.9 Å². The Kier molecular flexibility index (Phi) is 3.66. The van der Waals surface area contributed by atoms with Crippen LogP contribution in [0.2, 0.25) is 0 Å². The van der Waals surface area contributed by atoms with Crippen LogP contribution in [-0.2, 0) is 6.42 Å². The third-order valence-electron chi connectivity index (χ3n) is 4.02. The second-order valence-electron chi connectivity index (χ2n) is 5.33. The predicted molar refractivity (Wildman–Crippen MR) is 76.1 cm³/mol. The summed E-state index contributed by atoms with van der Waals surface area (Å²) in [7, 11) is 0. The zero-order chi connectivity index (χ0) is 12.4. The number of thiazole rings is 1. The van der Waals surface area contributed by atoms with Crippen molar-refractivity contribution in [1.29, 1.82) is 0 Å². The van der Waals surface area contributed by atoms with E-state index < -0.39 is 0 Å². The van der Waals surface area contributed by atoms with Gasteiger partial charge in [0.25, 0.3) is 0 Å². The van der Waals surface area contributed by atoms with Gasteiger partial charge in [-0.15, -0.1) is 11.3 Å². The summed E-state index contributed by atoms with van der Waals surface area (Å²) < 4.78 is 2.14. The molecule has 0 radical (unpaired) electrons. The van der Waals surface area contributed by atoms with Crippen molar-refractivity contribution in [3.63, 3.8) is 0 Å². The van der Waals surface area contributed by atoms with Crippen LogP contribution in [0.4, 0.5) is 0 Å². The highest BCUT2D eigenvalue weighted by Gasteiger charge is 2.30. The van der Waals surface area contributed by atoms with E-state index in [0.29, 0.717) is 0 Å². The fourth-order valence-corrected chi connectivity index (χ4v) is 3.50. The topological polar surface area (TPSA) is 29.3 Å². The molecular formula is C14H21N3S. The van der Waals surface area contributed by atoms with Gasteiger partial charge in [-0.05, 0) is 50.6 Å². The first-order chi connectivity index (χ1) is 8.86. The van der Waals surface area contributed by atoms with Gasteiger partial charge in [-0.1, -0.05) is 6.92 Å². The molecule has 0 saturated heterocycles. The lowest BCUT2D eigenvalue weighted by Gasteiger charge is -2.36. The van der Waals surface area contributed by atoms with Gasteiger partial charge in [-0.25, -0.2) is 4.98 Å². The number of hydrogen-bond donors (Lipinski definition) is 1. The Morgan fingerprint density at radius 2 is 2.33 bits per heavy atom. The molecule has 1 fully saturated rings. The van der Waals surface area contributed by atoms with Gasteiger partial charge in [0.05, 0.1) is 5.69 Å². The summed E-state index contributed by atoms with van der Waals surface area (Å²) in [6.07, 6.45) is 9.45. The lowest BCUT2D eigenvalue weighted by Crippen LogP contribution is -2.36. The molecule has 3 rings (SSSR count). The van der Waals surface area contributed by atoms with Gasteiger partial charge in [-0.2, -0.15) is 0 Å². The van der Waals surface area contributed by atoms with E-state index in [1.54, 1.807) is 11.3 Å². The van der Waals surface area contributed by atoms with Crippen LogP contribution in [0.25, 0.3) is 4.96 Å². The molecular weight excluding hydrogens is 242 g/mol. The molecule has 2 unspecified atom stereocenters. The molecule has 2 heterocycles. The minimum atomic E-state index is 0.846. The zero-order valence-corrected chi connectivity index (χ0v) is 11.7. The van der Waals surface area contributed by atoms with E-state index in [1.165, 1.54) is 31.5 Å². The van der Waals surface area contributed by atoms with Crippen LogP contribution in [0.3, 0.4) is 0 Å². The summed E-state index contributed by atoms with van der Waals surface area (Å²) in [5.41, 5.74) is 1.27. The molecule has 4 heteroatoms. The zero-order valence-electron chi connectivity index (χ0n) is 10.9. The quantitative estimate of drug-likeness (QED) is 0.812. The molecule has 0 spiro atoms. The average Bonchev–Trinajstić information content (AvgIpc) is 2.90. The summed E-state index contributed by atoms with van der Waals surface area (Å²) in [6.45, 7) is 4.58. The van der Waals surface area contributed by atoms with Crippen LogP contribution in [-0.4, -0.2) is 22.5 Å². The molecule has 1 aliphatic rings. The summed E-state index contributed by atoms with van der Waals surface area (Å²) in [4.78, 5) is 5.82. The smallest absolute Gasteiger partial charge is 0.193 e. The first-order valence-corrected chi connectivity index (χ1v) is 7.86. The maximum absolute atomic E-state index is 4.69. The molecule has 18 heavy (non-hydrogen) atoms. The first kappa shape index (κ1) is 12.2. The summed E-state index contributed by atoms with van der Waals surface area (Å²) in [5, 5.41) is 5.64. The molecule has 0 aliphatic heterocycles. The fraction of sp³-hybridized carbons (Fsp3) is 0.643. The number of rotatable bonds is 6. The van der Waals surface area contributed by atoms with Crippen molar-refractivity contribution in [2.75, 3.05) is 13.1 Å². The Morgan fingerprint density at radius 1 is 1.44 bits per heavy atom. The Balaban J connectivity index is 1.54. The molecule has 98 valence electrons.